The first-order valence-corrected chi connectivity index (χ1v) is 7.53. The zero-order valence-electron chi connectivity index (χ0n) is 13.0. The Balaban J connectivity index is 1.93. The third-order valence-corrected chi connectivity index (χ3v) is 3.72. The average molecular weight is 300 g/mol. The van der Waals surface area contributed by atoms with Crippen LogP contribution in [0, 0.1) is 13.8 Å². The fraction of sp³-hybridized carbons (Fsp3) is 0.0476. The van der Waals surface area contributed by atoms with Crippen molar-refractivity contribution in [3.8, 4) is 11.1 Å². The Morgan fingerprint density at radius 3 is 2.39 bits per heavy atom. The fourth-order valence-corrected chi connectivity index (χ4v) is 2.51. The van der Waals surface area contributed by atoms with E-state index in [4.69, 9.17) is 0 Å². The predicted octanol–water partition coefficient (Wildman–Crippen LogP) is 5.10. The molecule has 0 aliphatic rings. The van der Waals surface area contributed by atoms with Crippen LogP contribution >= 0.6 is 0 Å². The van der Waals surface area contributed by atoms with Crippen molar-refractivity contribution in [1.29, 1.82) is 0 Å². The maximum Gasteiger partial charge on any atom is 0.256 e. The van der Waals surface area contributed by atoms with Gasteiger partial charge in [-0.2, -0.15) is 0 Å². The molecule has 0 aromatic heterocycles. The van der Waals surface area contributed by atoms with E-state index in [1.165, 1.54) is 5.56 Å². The summed E-state index contributed by atoms with van der Waals surface area (Å²) in [7, 11) is 0. The van der Waals surface area contributed by atoms with Gasteiger partial charge in [0.2, 0.25) is 0 Å². The van der Waals surface area contributed by atoms with E-state index in [1.54, 1.807) is 0 Å². The summed E-state index contributed by atoms with van der Waals surface area (Å²) >= 11 is 0. The minimum Gasteiger partial charge on any atom is -0.322 e. The number of carbonyl (C=O) groups is 1. The van der Waals surface area contributed by atoms with Crippen molar-refractivity contribution in [2.24, 2.45) is 0 Å². The van der Waals surface area contributed by atoms with Crippen molar-refractivity contribution in [3.63, 3.8) is 0 Å². The summed E-state index contributed by atoms with van der Waals surface area (Å²) in [6, 6.07) is 23.3. The Hall–Kier alpha value is -2.87. The number of hydrogen-bond donors (Lipinski definition) is 1. The minimum absolute atomic E-state index is 0.119. The third kappa shape index (κ3) is 3.49. The molecular formula is C21H18NO. The fourth-order valence-electron chi connectivity index (χ4n) is 2.51. The standard InChI is InChI=1S/C21H18NO/c1-15-10-12-17(13-11-15)19-8-3-4-9-20(19)21(23)22-18-7-5-6-16(2)14-18/h3-14H,2H2,1H3,(H,22,23). The number of benzene rings is 3. The highest BCUT2D eigenvalue weighted by atomic mass is 16.1. The number of nitrogens with one attached hydrogen (secondary N) is 1. The maximum absolute atomic E-state index is 12.7. The molecule has 3 rings (SSSR count). The van der Waals surface area contributed by atoms with Crippen LogP contribution in [0.1, 0.15) is 21.5 Å². The molecule has 1 N–H and O–H groups in total. The summed E-state index contributed by atoms with van der Waals surface area (Å²) in [5.74, 6) is -0.119. The van der Waals surface area contributed by atoms with Gasteiger partial charge in [-0.05, 0) is 48.7 Å². The topological polar surface area (TPSA) is 29.1 Å². The summed E-state index contributed by atoms with van der Waals surface area (Å²) in [6.45, 7) is 5.93. The number of aryl methyl sites for hydroxylation is 1. The molecule has 2 heteroatoms. The number of rotatable bonds is 3. The molecule has 0 fully saturated rings. The SMILES string of the molecule is [CH2]c1cccc(NC(=O)c2ccccc2-c2ccc(C)cc2)c1. The molecule has 23 heavy (non-hydrogen) atoms. The van der Waals surface area contributed by atoms with Gasteiger partial charge in [-0.15, -0.1) is 0 Å². The Morgan fingerprint density at radius 1 is 0.913 bits per heavy atom. The van der Waals surface area contributed by atoms with Gasteiger partial charge in [0.25, 0.3) is 5.91 Å². The van der Waals surface area contributed by atoms with E-state index in [1.807, 2.05) is 67.6 Å². The van der Waals surface area contributed by atoms with E-state index in [0.717, 1.165) is 22.4 Å². The molecule has 0 unspecified atom stereocenters. The van der Waals surface area contributed by atoms with Crippen LogP contribution in [0.5, 0.6) is 0 Å². The van der Waals surface area contributed by atoms with Gasteiger partial charge in [0.05, 0.1) is 0 Å². The van der Waals surface area contributed by atoms with Crippen LogP contribution in [0.25, 0.3) is 11.1 Å². The number of amides is 1. The Kier molecular flexibility index (Phi) is 4.24. The second kappa shape index (κ2) is 6.49. The van der Waals surface area contributed by atoms with E-state index in [9.17, 15) is 4.79 Å². The van der Waals surface area contributed by atoms with Gasteiger partial charge < -0.3 is 5.32 Å². The van der Waals surface area contributed by atoms with Crippen LogP contribution in [0.2, 0.25) is 0 Å². The smallest absolute Gasteiger partial charge is 0.256 e. The van der Waals surface area contributed by atoms with Crippen LogP contribution < -0.4 is 5.32 Å². The Morgan fingerprint density at radius 2 is 1.65 bits per heavy atom. The van der Waals surface area contributed by atoms with Crippen molar-refractivity contribution < 1.29 is 4.79 Å². The van der Waals surface area contributed by atoms with Crippen molar-refractivity contribution in [1.82, 2.24) is 0 Å². The van der Waals surface area contributed by atoms with Crippen LogP contribution in [-0.4, -0.2) is 5.91 Å². The van der Waals surface area contributed by atoms with Crippen LogP contribution in [0.15, 0.2) is 72.8 Å². The molecule has 3 aromatic rings. The van der Waals surface area contributed by atoms with E-state index in [0.29, 0.717) is 5.56 Å². The van der Waals surface area contributed by atoms with Gasteiger partial charge >= 0.3 is 0 Å². The molecule has 0 atom stereocenters. The molecule has 0 bridgehead atoms. The first kappa shape index (κ1) is 15.0. The average Bonchev–Trinajstić information content (AvgIpc) is 2.55. The zero-order valence-corrected chi connectivity index (χ0v) is 13.0. The van der Waals surface area contributed by atoms with Crippen LogP contribution in [-0.2, 0) is 0 Å². The Labute approximate surface area is 136 Å². The Bertz CT molecular complexity index is 834. The monoisotopic (exact) mass is 300 g/mol. The molecule has 0 aliphatic heterocycles. The highest BCUT2D eigenvalue weighted by molar-refractivity contribution is 6.08. The zero-order chi connectivity index (χ0) is 16.2. The molecule has 0 saturated heterocycles. The molecule has 113 valence electrons. The second-order valence-corrected chi connectivity index (χ2v) is 5.57. The van der Waals surface area contributed by atoms with E-state index >= 15 is 0 Å². The lowest BCUT2D eigenvalue weighted by molar-refractivity contribution is 0.102. The summed E-state index contributed by atoms with van der Waals surface area (Å²) in [5.41, 5.74) is 5.44. The molecule has 0 aliphatic carbocycles. The number of carbonyl (C=O) groups excluding carboxylic acids is 1. The molecule has 3 aromatic carbocycles. The molecular weight excluding hydrogens is 282 g/mol. The van der Waals surface area contributed by atoms with Gasteiger partial charge in [-0.3, -0.25) is 4.79 Å². The van der Waals surface area contributed by atoms with Crippen molar-refractivity contribution in [2.45, 2.75) is 6.92 Å². The van der Waals surface area contributed by atoms with E-state index < -0.39 is 0 Å². The van der Waals surface area contributed by atoms with Crippen LogP contribution in [0.3, 0.4) is 0 Å². The summed E-state index contributed by atoms with van der Waals surface area (Å²) < 4.78 is 0. The molecule has 0 heterocycles. The van der Waals surface area contributed by atoms with E-state index in [2.05, 4.69) is 24.4 Å². The number of anilines is 1. The molecule has 1 radical (unpaired) electrons. The lowest BCUT2D eigenvalue weighted by atomic mass is 9.98. The van der Waals surface area contributed by atoms with Crippen molar-refractivity contribution in [2.75, 3.05) is 5.32 Å². The first-order chi connectivity index (χ1) is 11.1. The predicted molar refractivity (Wildman–Crippen MR) is 95.5 cm³/mol. The first-order valence-electron chi connectivity index (χ1n) is 7.53. The molecule has 1 amide bonds. The van der Waals surface area contributed by atoms with Gasteiger partial charge in [0.1, 0.15) is 0 Å². The van der Waals surface area contributed by atoms with Gasteiger partial charge in [-0.25, -0.2) is 0 Å². The van der Waals surface area contributed by atoms with Crippen LogP contribution in [0.4, 0.5) is 5.69 Å². The molecule has 0 saturated carbocycles. The highest BCUT2D eigenvalue weighted by Gasteiger charge is 2.12. The second-order valence-electron chi connectivity index (χ2n) is 5.57. The highest BCUT2D eigenvalue weighted by Crippen LogP contribution is 2.25. The maximum atomic E-state index is 12.7. The number of hydrogen-bond acceptors (Lipinski definition) is 1. The summed E-state index contributed by atoms with van der Waals surface area (Å²) in [4.78, 5) is 12.7. The van der Waals surface area contributed by atoms with Gasteiger partial charge in [-0.1, -0.05) is 60.2 Å². The lowest BCUT2D eigenvalue weighted by Gasteiger charge is -2.11. The van der Waals surface area contributed by atoms with Crippen molar-refractivity contribution >= 4 is 11.6 Å². The molecule has 0 spiro atoms. The summed E-state index contributed by atoms with van der Waals surface area (Å²) in [6.07, 6.45) is 0. The van der Waals surface area contributed by atoms with Gasteiger partial charge in [0, 0.05) is 11.3 Å². The molecule has 2 nitrogen and oxygen atoms in total. The van der Waals surface area contributed by atoms with E-state index in [-0.39, 0.29) is 5.91 Å². The van der Waals surface area contributed by atoms with Gasteiger partial charge in [0.15, 0.2) is 0 Å². The third-order valence-electron chi connectivity index (χ3n) is 3.72. The quantitative estimate of drug-likeness (QED) is 0.716. The normalized spacial score (nSPS) is 10.3. The lowest BCUT2D eigenvalue weighted by Crippen LogP contribution is -2.13. The minimum atomic E-state index is -0.119. The van der Waals surface area contributed by atoms with Crippen molar-refractivity contribution in [3.05, 3.63) is 96.4 Å². The summed E-state index contributed by atoms with van der Waals surface area (Å²) in [5, 5.41) is 2.94. The largest absolute Gasteiger partial charge is 0.322 e.